The van der Waals surface area contributed by atoms with Gasteiger partial charge in [-0.05, 0) is 26.0 Å². The van der Waals surface area contributed by atoms with Gasteiger partial charge in [0.25, 0.3) is 0 Å². The molecule has 0 bridgehead atoms. The predicted octanol–water partition coefficient (Wildman–Crippen LogP) is 1.67. The van der Waals surface area contributed by atoms with Crippen molar-refractivity contribution in [3.05, 3.63) is 35.7 Å². The van der Waals surface area contributed by atoms with Crippen molar-refractivity contribution in [3.8, 4) is 5.75 Å². The Kier molecular flexibility index (Phi) is 4.69. The number of carbonyl (C=O) groups is 1. The summed E-state index contributed by atoms with van der Waals surface area (Å²) in [5.41, 5.74) is 2.35. The molecule has 7 heteroatoms. The first-order chi connectivity index (χ1) is 11.6. The van der Waals surface area contributed by atoms with Gasteiger partial charge < -0.3 is 14.5 Å². The van der Waals surface area contributed by atoms with Crippen LogP contribution in [0.5, 0.6) is 5.75 Å². The number of piperazine rings is 1. The van der Waals surface area contributed by atoms with Crippen LogP contribution in [0.4, 0.5) is 5.69 Å². The minimum absolute atomic E-state index is 0.0565. The highest BCUT2D eigenvalue weighted by molar-refractivity contribution is 5.79. The van der Waals surface area contributed by atoms with Gasteiger partial charge in [-0.25, -0.2) is 4.63 Å². The Bertz CT molecular complexity index is 715. The standard InChI is InChI=1S/C17H22N4O3/c1-12-11-20(15-6-4-5-7-16(15)23-3)8-9-21(12)17(22)10-14-13(2)18-24-19-14/h4-7,12H,8-11H2,1-3H3/t12-/m0/s1. The lowest BCUT2D eigenvalue weighted by molar-refractivity contribution is -0.132. The Morgan fingerprint density at radius 3 is 2.79 bits per heavy atom. The molecule has 1 aromatic carbocycles. The zero-order chi connectivity index (χ0) is 17.1. The number of nitrogens with zero attached hydrogens (tertiary/aromatic N) is 4. The third-order valence-electron chi connectivity index (χ3n) is 4.44. The molecule has 0 unspecified atom stereocenters. The number of amides is 1. The molecule has 128 valence electrons. The maximum Gasteiger partial charge on any atom is 0.229 e. The van der Waals surface area contributed by atoms with E-state index < -0.39 is 0 Å². The number of aromatic nitrogens is 2. The summed E-state index contributed by atoms with van der Waals surface area (Å²) in [5.74, 6) is 0.912. The van der Waals surface area contributed by atoms with Gasteiger partial charge in [-0.1, -0.05) is 22.4 Å². The lowest BCUT2D eigenvalue weighted by Crippen LogP contribution is -2.54. The van der Waals surface area contributed by atoms with Crippen LogP contribution in [0.1, 0.15) is 18.3 Å². The maximum atomic E-state index is 12.6. The van der Waals surface area contributed by atoms with Crippen molar-refractivity contribution in [1.82, 2.24) is 15.2 Å². The SMILES string of the molecule is COc1ccccc1N1CCN(C(=O)Cc2nonc2C)[C@@H](C)C1. The minimum atomic E-state index is 0.0565. The third kappa shape index (κ3) is 3.20. The van der Waals surface area contributed by atoms with Gasteiger partial charge in [-0.15, -0.1) is 0 Å². The second kappa shape index (κ2) is 6.90. The number of para-hydroxylation sites is 2. The smallest absolute Gasteiger partial charge is 0.229 e. The summed E-state index contributed by atoms with van der Waals surface area (Å²) < 4.78 is 10.1. The number of ether oxygens (including phenoxy) is 1. The van der Waals surface area contributed by atoms with Crippen molar-refractivity contribution in [2.45, 2.75) is 26.3 Å². The quantitative estimate of drug-likeness (QED) is 0.849. The molecule has 1 aromatic heterocycles. The normalized spacial score (nSPS) is 17.9. The number of rotatable bonds is 4. The molecule has 0 saturated carbocycles. The molecule has 2 heterocycles. The average Bonchev–Trinajstić information content (AvgIpc) is 2.99. The first-order valence-corrected chi connectivity index (χ1v) is 8.05. The van der Waals surface area contributed by atoms with Crippen LogP contribution in [-0.2, 0) is 11.2 Å². The average molecular weight is 330 g/mol. The summed E-state index contributed by atoms with van der Waals surface area (Å²) in [6.45, 7) is 6.06. The molecule has 1 atom stereocenters. The van der Waals surface area contributed by atoms with Gasteiger partial charge in [0.1, 0.15) is 17.1 Å². The number of aryl methyl sites for hydroxylation is 1. The second-order valence-electron chi connectivity index (χ2n) is 6.03. The number of carbonyl (C=O) groups excluding carboxylic acids is 1. The Hall–Kier alpha value is -2.57. The van der Waals surface area contributed by atoms with E-state index in [0.717, 1.165) is 24.5 Å². The molecule has 0 radical (unpaired) electrons. The van der Waals surface area contributed by atoms with Gasteiger partial charge in [0.05, 0.1) is 19.2 Å². The Morgan fingerprint density at radius 2 is 2.12 bits per heavy atom. The molecule has 1 fully saturated rings. The molecule has 1 amide bonds. The van der Waals surface area contributed by atoms with E-state index in [9.17, 15) is 4.79 Å². The van der Waals surface area contributed by atoms with Crippen molar-refractivity contribution in [1.29, 1.82) is 0 Å². The number of anilines is 1. The molecule has 7 nitrogen and oxygen atoms in total. The van der Waals surface area contributed by atoms with Crippen molar-refractivity contribution < 1.29 is 14.2 Å². The van der Waals surface area contributed by atoms with Crippen LogP contribution in [0.3, 0.4) is 0 Å². The van der Waals surface area contributed by atoms with E-state index in [0.29, 0.717) is 17.9 Å². The summed E-state index contributed by atoms with van der Waals surface area (Å²) >= 11 is 0. The zero-order valence-corrected chi connectivity index (χ0v) is 14.2. The van der Waals surface area contributed by atoms with Gasteiger partial charge in [-0.3, -0.25) is 4.79 Å². The fourth-order valence-electron chi connectivity index (χ4n) is 3.09. The van der Waals surface area contributed by atoms with Gasteiger partial charge in [0, 0.05) is 25.7 Å². The summed E-state index contributed by atoms with van der Waals surface area (Å²) in [5, 5.41) is 7.53. The van der Waals surface area contributed by atoms with Crippen LogP contribution < -0.4 is 9.64 Å². The van der Waals surface area contributed by atoms with Crippen LogP contribution >= 0.6 is 0 Å². The van der Waals surface area contributed by atoms with E-state index in [1.807, 2.05) is 29.2 Å². The van der Waals surface area contributed by atoms with E-state index in [1.54, 1.807) is 14.0 Å². The van der Waals surface area contributed by atoms with E-state index in [4.69, 9.17) is 4.74 Å². The molecule has 1 saturated heterocycles. The Labute approximate surface area is 141 Å². The fourth-order valence-corrected chi connectivity index (χ4v) is 3.09. The number of benzene rings is 1. The minimum Gasteiger partial charge on any atom is -0.495 e. The van der Waals surface area contributed by atoms with E-state index in [2.05, 4.69) is 26.8 Å². The molecular formula is C17H22N4O3. The molecule has 2 aromatic rings. The van der Waals surface area contributed by atoms with E-state index in [1.165, 1.54) is 0 Å². The topological polar surface area (TPSA) is 71.7 Å². The van der Waals surface area contributed by atoms with Gasteiger partial charge in [0.2, 0.25) is 5.91 Å². The van der Waals surface area contributed by atoms with Crippen molar-refractivity contribution in [2.24, 2.45) is 0 Å². The van der Waals surface area contributed by atoms with Crippen molar-refractivity contribution in [3.63, 3.8) is 0 Å². The molecule has 1 aliphatic heterocycles. The number of methoxy groups -OCH3 is 1. The fraction of sp³-hybridized carbons (Fsp3) is 0.471. The highest BCUT2D eigenvalue weighted by atomic mass is 16.6. The third-order valence-corrected chi connectivity index (χ3v) is 4.44. The highest BCUT2D eigenvalue weighted by Crippen LogP contribution is 2.29. The first-order valence-electron chi connectivity index (χ1n) is 8.05. The molecule has 0 aliphatic carbocycles. The van der Waals surface area contributed by atoms with Crippen LogP contribution in [0, 0.1) is 6.92 Å². The number of hydrogen-bond acceptors (Lipinski definition) is 6. The van der Waals surface area contributed by atoms with Crippen molar-refractivity contribution in [2.75, 3.05) is 31.6 Å². The molecule has 3 rings (SSSR count). The first kappa shape index (κ1) is 16.3. The lowest BCUT2D eigenvalue weighted by Gasteiger charge is -2.41. The summed E-state index contributed by atoms with van der Waals surface area (Å²) in [6, 6.07) is 8.07. The summed E-state index contributed by atoms with van der Waals surface area (Å²) in [7, 11) is 1.68. The van der Waals surface area contributed by atoms with E-state index >= 15 is 0 Å². The van der Waals surface area contributed by atoms with Crippen molar-refractivity contribution >= 4 is 11.6 Å². The second-order valence-corrected chi connectivity index (χ2v) is 6.03. The largest absolute Gasteiger partial charge is 0.495 e. The van der Waals surface area contributed by atoms with Crippen LogP contribution in [0.2, 0.25) is 0 Å². The van der Waals surface area contributed by atoms with Gasteiger partial charge in [-0.2, -0.15) is 0 Å². The summed E-state index contributed by atoms with van der Waals surface area (Å²) in [4.78, 5) is 16.7. The Morgan fingerprint density at radius 1 is 1.33 bits per heavy atom. The summed E-state index contributed by atoms with van der Waals surface area (Å²) in [6.07, 6.45) is 0.230. The molecule has 1 aliphatic rings. The van der Waals surface area contributed by atoms with Gasteiger partial charge >= 0.3 is 0 Å². The highest BCUT2D eigenvalue weighted by Gasteiger charge is 2.29. The molecular weight excluding hydrogens is 308 g/mol. The van der Waals surface area contributed by atoms with Crippen LogP contribution in [0.25, 0.3) is 0 Å². The molecule has 0 N–H and O–H groups in total. The number of hydrogen-bond donors (Lipinski definition) is 0. The van der Waals surface area contributed by atoms with Crippen LogP contribution in [0.15, 0.2) is 28.9 Å². The van der Waals surface area contributed by atoms with E-state index in [-0.39, 0.29) is 18.4 Å². The Balaban J connectivity index is 1.67. The zero-order valence-electron chi connectivity index (χ0n) is 14.2. The maximum absolute atomic E-state index is 12.6. The van der Waals surface area contributed by atoms with Crippen LogP contribution in [-0.4, -0.2) is 53.9 Å². The lowest BCUT2D eigenvalue weighted by atomic mass is 10.1. The predicted molar refractivity (Wildman–Crippen MR) is 89.1 cm³/mol. The monoisotopic (exact) mass is 330 g/mol. The molecule has 0 spiro atoms. The van der Waals surface area contributed by atoms with Gasteiger partial charge in [0.15, 0.2) is 0 Å². The molecule has 24 heavy (non-hydrogen) atoms.